The first-order valence-electron chi connectivity index (χ1n) is 6.82. The van der Waals surface area contributed by atoms with Gasteiger partial charge in [-0.15, -0.1) is 0 Å². The maximum absolute atomic E-state index is 12.4. The van der Waals surface area contributed by atoms with Crippen molar-refractivity contribution in [3.05, 3.63) is 33.9 Å². The van der Waals surface area contributed by atoms with Crippen LogP contribution in [-0.4, -0.2) is 25.9 Å². The summed E-state index contributed by atoms with van der Waals surface area (Å²) < 4.78 is 27.5. The van der Waals surface area contributed by atoms with Gasteiger partial charge in [0.25, 0.3) is 5.69 Å². The monoisotopic (exact) mass is 313 g/mol. The fourth-order valence-electron chi connectivity index (χ4n) is 2.79. The maximum atomic E-state index is 12.4. The number of nitrogens with one attached hydrogen (secondary N) is 1. The molecule has 1 aliphatic carbocycles. The molecule has 8 heteroatoms. The zero-order valence-corrected chi connectivity index (χ0v) is 12.6. The van der Waals surface area contributed by atoms with E-state index in [9.17, 15) is 18.5 Å². The molecule has 21 heavy (non-hydrogen) atoms. The molecule has 1 fully saturated rings. The Balaban J connectivity index is 2.25. The van der Waals surface area contributed by atoms with Crippen molar-refractivity contribution in [2.24, 2.45) is 11.7 Å². The highest BCUT2D eigenvalue weighted by Crippen LogP contribution is 2.27. The highest BCUT2D eigenvalue weighted by Gasteiger charge is 2.31. The van der Waals surface area contributed by atoms with Crippen LogP contribution in [0, 0.1) is 23.0 Å². The van der Waals surface area contributed by atoms with Gasteiger partial charge in [-0.3, -0.25) is 10.1 Å². The summed E-state index contributed by atoms with van der Waals surface area (Å²) in [4.78, 5) is 10.2. The van der Waals surface area contributed by atoms with Gasteiger partial charge >= 0.3 is 0 Å². The summed E-state index contributed by atoms with van der Waals surface area (Å²) >= 11 is 0. The van der Waals surface area contributed by atoms with Gasteiger partial charge in [-0.1, -0.05) is 6.42 Å². The Bertz CT molecular complexity index is 645. The van der Waals surface area contributed by atoms with E-state index in [0.29, 0.717) is 12.1 Å². The second kappa shape index (κ2) is 6.08. The van der Waals surface area contributed by atoms with E-state index in [1.54, 1.807) is 6.92 Å². The summed E-state index contributed by atoms with van der Waals surface area (Å²) in [5, 5.41) is 10.7. The Kier molecular flexibility index (Phi) is 4.60. The predicted octanol–water partition coefficient (Wildman–Crippen LogP) is 1.31. The molecule has 1 aromatic carbocycles. The van der Waals surface area contributed by atoms with Crippen molar-refractivity contribution in [3.63, 3.8) is 0 Å². The number of hydrogen-bond acceptors (Lipinski definition) is 5. The van der Waals surface area contributed by atoms with E-state index < -0.39 is 14.9 Å². The molecule has 0 bridgehead atoms. The molecule has 116 valence electrons. The van der Waals surface area contributed by atoms with Crippen LogP contribution in [0.5, 0.6) is 0 Å². The van der Waals surface area contributed by atoms with Gasteiger partial charge in [0.2, 0.25) is 10.0 Å². The minimum atomic E-state index is -3.69. The van der Waals surface area contributed by atoms with E-state index in [1.165, 1.54) is 18.2 Å². The summed E-state index contributed by atoms with van der Waals surface area (Å²) in [5.74, 6) is 0.151. The van der Waals surface area contributed by atoms with Gasteiger partial charge in [0, 0.05) is 18.2 Å². The van der Waals surface area contributed by atoms with E-state index >= 15 is 0 Å². The number of nitrogens with zero attached hydrogens (tertiary/aromatic N) is 1. The molecule has 0 spiro atoms. The molecule has 0 aromatic heterocycles. The van der Waals surface area contributed by atoms with Crippen molar-refractivity contribution in [1.82, 2.24) is 4.72 Å². The van der Waals surface area contributed by atoms with Crippen molar-refractivity contribution in [3.8, 4) is 0 Å². The van der Waals surface area contributed by atoms with Crippen molar-refractivity contribution < 1.29 is 13.3 Å². The van der Waals surface area contributed by atoms with Gasteiger partial charge in [-0.05, 0) is 43.9 Å². The molecular weight excluding hydrogens is 294 g/mol. The fourth-order valence-corrected chi connectivity index (χ4v) is 4.35. The molecule has 1 aromatic rings. The number of aryl methyl sites for hydroxylation is 1. The third-order valence-electron chi connectivity index (χ3n) is 3.93. The summed E-state index contributed by atoms with van der Waals surface area (Å²) in [6.45, 7) is 2.00. The number of benzene rings is 1. The first-order valence-corrected chi connectivity index (χ1v) is 8.31. The normalized spacial score (nSPS) is 22.4. The Morgan fingerprint density at radius 3 is 2.71 bits per heavy atom. The SMILES string of the molecule is Cc1cc([N+](=O)[O-])ccc1S(=O)(=O)NC1CCCC1CN. The number of hydrogen-bond donors (Lipinski definition) is 2. The third-order valence-corrected chi connectivity index (χ3v) is 5.58. The summed E-state index contributed by atoms with van der Waals surface area (Å²) in [6.07, 6.45) is 2.64. The Morgan fingerprint density at radius 2 is 2.14 bits per heavy atom. The van der Waals surface area contributed by atoms with Gasteiger partial charge < -0.3 is 5.73 Å². The highest BCUT2D eigenvalue weighted by atomic mass is 32.2. The minimum absolute atomic E-state index is 0.0794. The number of nitrogens with two attached hydrogens (primary N) is 1. The molecule has 7 nitrogen and oxygen atoms in total. The Labute approximate surface area is 123 Å². The van der Waals surface area contributed by atoms with Crippen molar-refractivity contribution >= 4 is 15.7 Å². The van der Waals surface area contributed by atoms with Gasteiger partial charge in [0.15, 0.2) is 0 Å². The van der Waals surface area contributed by atoms with E-state index in [0.717, 1.165) is 19.3 Å². The van der Waals surface area contributed by atoms with Crippen LogP contribution in [0.15, 0.2) is 23.1 Å². The van der Waals surface area contributed by atoms with Crippen LogP contribution in [0.25, 0.3) is 0 Å². The van der Waals surface area contributed by atoms with Crippen molar-refractivity contribution in [2.75, 3.05) is 6.54 Å². The first kappa shape index (κ1) is 15.9. The van der Waals surface area contributed by atoms with Crippen LogP contribution < -0.4 is 10.5 Å². The molecule has 0 radical (unpaired) electrons. The van der Waals surface area contributed by atoms with Crippen molar-refractivity contribution in [1.29, 1.82) is 0 Å². The average Bonchev–Trinajstić information content (AvgIpc) is 2.84. The van der Waals surface area contributed by atoms with E-state index in [-0.39, 0.29) is 22.5 Å². The smallest absolute Gasteiger partial charge is 0.269 e. The predicted molar refractivity (Wildman–Crippen MR) is 78.3 cm³/mol. The molecule has 1 aliphatic rings. The molecule has 2 rings (SSSR count). The summed E-state index contributed by atoms with van der Waals surface area (Å²) in [7, 11) is -3.69. The fraction of sp³-hybridized carbons (Fsp3) is 0.538. The molecule has 2 unspecified atom stereocenters. The van der Waals surface area contributed by atoms with Gasteiger partial charge in [0.05, 0.1) is 9.82 Å². The Hall–Kier alpha value is -1.51. The lowest BCUT2D eigenvalue weighted by Gasteiger charge is -2.20. The van der Waals surface area contributed by atoms with Crippen molar-refractivity contribution in [2.45, 2.75) is 37.1 Å². The van der Waals surface area contributed by atoms with E-state index in [4.69, 9.17) is 5.73 Å². The van der Waals surface area contributed by atoms with Crippen LogP contribution in [0.1, 0.15) is 24.8 Å². The summed E-state index contributed by atoms with van der Waals surface area (Å²) in [6, 6.07) is 3.59. The average molecular weight is 313 g/mol. The molecule has 1 saturated carbocycles. The van der Waals surface area contributed by atoms with Crippen LogP contribution in [0.3, 0.4) is 0 Å². The first-order chi connectivity index (χ1) is 9.85. The van der Waals surface area contributed by atoms with Crippen LogP contribution in [0.2, 0.25) is 0 Å². The Morgan fingerprint density at radius 1 is 1.43 bits per heavy atom. The highest BCUT2D eigenvalue weighted by molar-refractivity contribution is 7.89. The number of rotatable bonds is 5. The van der Waals surface area contributed by atoms with Crippen LogP contribution in [-0.2, 0) is 10.0 Å². The lowest BCUT2D eigenvalue weighted by Crippen LogP contribution is -2.40. The molecule has 0 aliphatic heterocycles. The number of sulfonamides is 1. The van der Waals surface area contributed by atoms with Gasteiger partial charge in [-0.25, -0.2) is 13.1 Å². The second-order valence-electron chi connectivity index (χ2n) is 5.36. The second-order valence-corrected chi connectivity index (χ2v) is 7.04. The lowest BCUT2D eigenvalue weighted by atomic mass is 10.1. The van der Waals surface area contributed by atoms with Crippen LogP contribution >= 0.6 is 0 Å². The molecule has 0 saturated heterocycles. The molecular formula is C13H19N3O4S. The van der Waals surface area contributed by atoms with E-state index in [2.05, 4.69) is 4.72 Å². The maximum Gasteiger partial charge on any atom is 0.269 e. The molecule has 0 heterocycles. The zero-order valence-electron chi connectivity index (χ0n) is 11.8. The number of nitro benzene ring substituents is 1. The largest absolute Gasteiger partial charge is 0.330 e. The number of nitro groups is 1. The van der Waals surface area contributed by atoms with Crippen LogP contribution in [0.4, 0.5) is 5.69 Å². The quantitative estimate of drug-likeness (QED) is 0.628. The standard InChI is InChI=1S/C13H19N3O4S/c1-9-7-11(16(17)18)5-6-13(9)21(19,20)15-12-4-2-3-10(12)8-14/h5-7,10,12,15H,2-4,8,14H2,1H3. The third kappa shape index (κ3) is 3.39. The topological polar surface area (TPSA) is 115 Å². The molecule has 0 amide bonds. The molecule has 3 N–H and O–H groups in total. The summed E-state index contributed by atoms with van der Waals surface area (Å²) in [5.41, 5.74) is 5.90. The van der Waals surface area contributed by atoms with Gasteiger partial charge in [0.1, 0.15) is 0 Å². The molecule has 2 atom stereocenters. The minimum Gasteiger partial charge on any atom is -0.330 e. The lowest BCUT2D eigenvalue weighted by molar-refractivity contribution is -0.385. The zero-order chi connectivity index (χ0) is 15.6. The van der Waals surface area contributed by atoms with Gasteiger partial charge in [-0.2, -0.15) is 0 Å². The van der Waals surface area contributed by atoms with E-state index in [1.807, 2.05) is 0 Å². The number of non-ortho nitro benzene ring substituents is 1.